The number of ether oxygens (including phenoxy) is 1. The van der Waals surface area contributed by atoms with Gasteiger partial charge in [0.25, 0.3) is 0 Å². The highest BCUT2D eigenvalue weighted by Crippen LogP contribution is 2.48. The van der Waals surface area contributed by atoms with Crippen molar-refractivity contribution in [2.75, 3.05) is 13.2 Å². The first kappa shape index (κ1) is 16.8. The molecule has 24 heavy (non-hydrogen) atoms. The first-order valence-corrected chi connectivity index (χ1v) is 8.04. The molecule has 0 spiro atoms. The van der Waals surface area contributed by atoms with Gasteiger partial charge in [-0.1, -0.05) is 12.1 Å². The molecule has 1 heterocycles. The maximum Gasteiger partial charge on any atom is 0.326 e. The summed E-state index contributed by atoms with van der Waals surface area (Å²) in [4.78, 5) is 23.8. The smallest absolute Gasteiger partial charge is 0.326 e. The third-order valence-corrected chi connectivity index (χ3v) is 4.74. The van der Waals surface area contributed by atoms with Crippen LogP contribution >= 0.6 is 0 Å². The number of hydrogen-bond donors (Lipinski definition) is 2. The number of carboxylic acid groups (broad SMARTS) is 1. The quantitative estimate of drug-likeness (QED) is 0.861. The molecule has 1 aliphatic heterocycles. The van der Waals surface area contributed by atoms with E-state index in [-0.39, 0.29) is 11.5 Å². The van der Waals surface area contributed by atoms with Gasteiger partial charge in [-0.05, 0) is 36.8 Å². The Hall–Kier alpha value is -2.02. The number of rotatable bonds is 5. The normalized spacial score (nSPS) is 27.3. The summed E-state index contributed by atoms with van der Waals surface area (Å²) >= 11 is 0. The van der Waals surface area contributed by atoms with Crippen molar-refractivity contribution >= 4 is 11.9 Å². The summed E-state index contributed by atoms with van der Waals surface area (Å²) in [5.41, 5.74) is 0.169. The minimum absolute atomic E-state index is 0.169. The van der Waals surface area contributed by atoms with Crippen LogP contribution in [0.3, 0.4) is 0 Å². The lowest BCUT2D eigenvalue weighted by Crippen LogP contribution is -2.49. The van der Waals surface area contributed by atoms with E-state index < -0.39 is 41.4 Å². The lowest BCUT2D eigenvalue weighted by molar-refractivity contribution is -0.145. The first-order valence-electron chi connectivity index (χ1n) is 8.04. The molecule has 2 aliphatic rings. The number of carbonyl (C=O) groups is 2. The predicted octanol–water partition coefficient (Wildman–Crippen LogP) is 2.06. The monoisotopic (exact) mass is 339 g/mol. The average molecular weight is 339 g/mol. The van der Waals surface area contributed by atoms with Crippen LogP contribution in [0.5, 0.6) is 0 Å². The Morgan fingerprint density at radius 1 is 1.33 bits per heavy atom. The number of carboxylic acids is 1. The van der Waals surface area contributed by atoms with Crippen LogP contribution in [0.25, 0.3) is 0 Å². The zero-order chi connectivity index (χ0) is 17.3. The van der Waals surface area contributed by atoms with E-state index in [0.717, 1.165) is 12.5 Å². The number of hydrogen-bond acceptors (Lipinski definition) is 3. The lowest BCUT2D eigenvalue weighted by Gasteiger charge is -2.28. The fourth-order valence-electron chi connectivity index (χ4n) is 3.31. The number of nitrogens with one attached hydrogen (secondary N) is 1. The van der Waals surface area contributed by atoms with E-state index in [2.05, 4.69) is 5.32 Å². The molecule has 1 saturated heterocycles. The third-order valence-electron chi connectivity index (χ3n) is 4.74. The summed E-state index contributed by atoms with van der Waals surface area (Å²) in [6.45, 7) is 0.893. The van der Waals surface area contributed by atoms with E-state index >= 15 is 0 Å². The van der Waals surface area contributed by atoms with Crippen LogP contribution in [0.2, 0.25) is 0 Å². The molecule has 1 amide bonds. The third kappa shape index (κ3) is 3.40. The number of aliphatic carboxylic acids is 1. The Labute approximate surface area is 138 Å². The SMILES string of the molecule is O=C(NC(C(=O)O)C1CCCOC1)C1CC1c1cccc(F)c1F. The largest absolute Gasteiger partial charge is 0.480 e. The summed E-state index contributed by atoms with van der Waals surface area (Å²) in [6, 6.07) is 2.87. The second-order valence-electron chi connectivity index (χ2n) is 6.39. The van der Waals surface area contributed by atoms with E-state index in [1.54, 1.807) is 0 Å². The molecule has 0 bridgehead atoms. The Morgan fingerprint density at radius 2 is 2.12 bits per heavy atom. The van der Waals surface area contributed by atoms with Crippen LogP contribution in [0.1, 0.15) is 30.7 Å². The number of carbonyl (C=O) groups excluding carboxylic acids is 1. The average Bonchev–Trinajstić information content (AvgIpc) is 3.36. The molecular weight excluding hydrogens is 320 g/mol. The highest BCUT2D eigenvalue weighted by Gasteiger charge is 2.47. The molecule has 1 aromatic carbocycles. The highest BCUT2D eigenvalue weighted by atomic mass is 19.2. The summed E-state index contributed by atoms with van der Waals surface area (Å²) in [5.74, 6) is -4.61. The summed E-state index contributed by atoms with van der Waals surface area (Å²) in [5, 5.41) is 11.9. The second kappa shape index (κ2) is 6.84. The van der Waals surface area contributed by atoms with Crippen LogP contribution in [0, 0.1) is 23.5 Å². The molecule has 7 heteroatoms. The molecule has 130 valence electrons. The molecule has 3 rings (SSSR count). The van der Waals surface area contributed by atoms with Crippen LogP contribution in [0.4, 0.5) is 8.78 Å². The van der Waals surface area contributed by atoms with Gasteiger partial charge in [-0.25, -0.2) is 13.6 Å². The van der Waals surface area contributed by atoms with E-state index in [9.17, 15) is 23.5 Å². The predicted molar refractivity (Wildman–Crippen MR) is 80.3 cm³/mol. The van der Waals surface area contributed by atoms with Crippen LogP contribution in [-0.4, -0.2) is 36.2 Å². The molecule has 0 radical (unpaired) electrons. The number of benzene rings is 1. The number of halogens is 2. The van der Waals surface area contributed by atoms with Gasteiger partial charge in [0.15, 0.2) is 11.6 Å². The topological polar surface area (TPSA) is 75.6 Å². The van der Waals surface area contributed by atoms with Gasteiger partial charge >= 0.3 is 5.97 Å². The first-order chi connectivity index (χ1) is 11.5. The van der Waals surface area contributed by atoms with Crippen molar-refractivity contribution in [2.24, 2.45) is 11.8 Å². The van der Waals surface area contributed by atoms with E-state index in [1.165, 1.54) is 12.1 Å². The van der Waals surface area contributed by atoms with Gasteiger partial charge in [-0.3, -0.25) is 4.79 Å². The Morgan fingerprint density at radius 3 is 2.79 bits per heavy atom. The molecule has 1 aromatic rings. The summed E-state index contributed by atoms with van der Waals surface area (Å²) < 4.78 is 32.4. The van der Waals surface area contributed by atoms with Gasteiger partial charge in [0, 0.05) is 18.4 Å². The van der Waals surface area contributed by atoms with Crippen molar-refractivity contribution < 1.29 is 28.2 Å². The molecule has 1 aliphatic carbocycles. The standard InChI is InChI=1S/C17H19F2NO4/c18-13-5-1-4-10(14(13)19)11-7-12(11)16(21)20-15(17(22)23)9-3-2-6-24-8-9/h1,4-5,9,11-12,15H,2-3,6-8H2,(H,20,21)(H,22,23). The van der Waals surface area contributed by atoms with Crippen molar-refractivity contribution in [3.05, 3.63) is 35.4 Å². The van der Waals surface area contributed by atoms with Crippen molar-refractivity contribution in [2.45, 2.75) is 31.2 Å². The minimum Gasteiger partial charge on any atom is -0.480 e. The number of amides is 1. The van der Waals surface area contributed by atoms with Crippen molar-refractivity contribution in [3.63, 3.8) is 0 Å². The van der Waals surface area contributed by atoms with Gasteiger partial charge in [-0.15, -0.1) is 0 Å². The van der Waals surface area contributed by atoms with Gasteiger partial charge in [0.1, 0.15) is 6.04 Å². The van der Waals surface area contributed by atoms with E-state index in [0.29, 0.717) is 26.1 Å². The Balaban J connectivity index is 1.64. The van der Waals surface area contributed by atoms with Crippen molar-refractivity contribution in [3.8, 4) is 0 Å². The molecule has 4 unspecified atom stereocenters. The maximum absolute atomic E-state index is 13.8. The summed E-state index contributed by atoms with van der Waals surface area (Å²) in [7, 11) is 0. The van der Waals surface area contributed by atoms with Gasteiger partial charge in [0.2, 0.25) is 5.91 Å². The van der Waals surface area contributed by atoms with E-state index in [1.807, 2.05) is 0 Å². The zero-order valence-electron chi connectivity index (χ0n) is 13.0. The molecule has 0 aromatic heterocycles. The van der Waals surface area contributed by atoms with Gasteiger partial charge < -0.3 is 15.2 Å². The van der Waals surface area contributed by atoms with Crippen LogP contribution < -0.4 is 5.32 Å². The maximum atomic E-state index is 13.8. The summed E-state index contributed by atoms with van der Waals surface area (Å²) in [6.07, 6.45) is 1.81. The van der Waals surface area contributed by atoms with E-state index in [4.69, 9.17) is 4.74 Å². The molecule has 2 fully saturated rings. The molecule has 4 atom stereocenters. The second-order valence-corrected chi connectivity index (χ2v) is 6.39. The minimum atomic E-state index is -1.10. The van der Waals surface area contributed by atoms with Crippen LogP contribution in [0.15, 0.2) is 18.2 Å². The van der Waals surface area contributed by atoms with Crippen LogP contribution in [-0.2, 0) is 14.3 Å². The molecule has 5 nitrogen and oxygen atoms in total. The molecule has 2 N–H and O–H groups in total. The Bertz CT molecular complexity index is 645. The lowest BCUT2D eigenvalue weighted by atomic mass is 9.93. The highest BCUT2D eigenvalue weighted by molar-refractivity contribution is 5.87. The molecular formula is C17H19F2NO4. The van der Waals surface area contributed by atoms with Gasteiger partial charge in [-0.2, -0.15) is 0 Å². The molecule has 1 saturated carbocycles. The van der Waals surface area contributed by atoms with Crippen molar-refractivity contribution in [1.82, 2.24) is 5.32 Å². The Kier molecular flexibility index (Phi) is 4.80. The van der Waals surface area contributed by atoms with Crippen molar-refractivity contribution in [1.29, 1.82) is 0 Å². The zero-order valence-corrected chi connectivity index (χ0v) is 13.0. The van der Waals surface area contributed by atoms with Gasteiger partial charge in [0.05, 0.1) is 6.61 Å². The fourth-order valence-corrected chi connectivity index (χ4v) is 3.31. The fraction of sp³-hybridized carbons (Fsp3) is 0.529.